The number of nitrogens with two attached hydrogens (primary N) is 1. The van der Waals surface area contributed by atoms with E-state index in [1.54, 1.807) is 19.1 Å². The molecule has 0 radical (unpaired) electrons. The molecule has 0 bridgehead atoms. The van der Waals surface area contributed by atoms with Crippen LogP contribution in [0.3, 0.4) is 0 Å². The molecule has 0 unspecified atom stereocenters. The number of nitrogens with zero attached hydrogens (tertiary/aromatic N) is 2. The Kier molecular flexibility index (Phi) is 8.78. The maximum Gasteiger partial charge on any atom is 0.287 e. The first kappa shape index (κ1) is 28.8. The molecule has 0 saturated carbocycles. The van der Waals surface area contributed by atoms with E-state index in [1.165, 1.54) is 37.3 Å². The van der Waals surface area contributed by atoms with E-state index in [1.807, 2.05) is 0 Å². The molecule has 1 atom stereocenters. The minimum absolute atomic E-state index is 0.0377. The third-order valence-electron chi connectivity index (χ3n) is 5.35. The molecule has 37 heavy (non-hydrogen) atoms. The molecule has 3 aromatic rings. The highest BCUT2D eigenvalue weighted by atomic mass is 35.5. The van der Waals surface area contributed by atoms with Crippen molar-refractivity contribution in [3.05, 3.63) is 80.2 Å². The van der Waals surface area contributed by atoms with Crippen LogP contribution in [0.4, 0.5) is 5.69 Å². The van der Waals surface area contributed by atoms with Gasteiger partial charge in [-0.15, -0.1) is 0 Å². The van der Waals surface area contributed by atoms with E-state index in [0.29, 0.717) is 17.5 Å². The normalized spacial score (nSPS) is 12.8. The third kappa shape index (κ3) is 6.94. The Morgan fingerprint density at radius 1 is 1.11 bits per heavy atom. The van der Waals surface area contributed by atoms with Gasteiger partial charge in [-0.1, -0.05) is 41.4 Å². The maximum atomic E-state index is 12.9. The highest BCUT2D eigenvalue weighted by Crippen LogP contribution is 2.22. The summed E-state index contributed by atoms with van der Waals surface area (Å²) in [7, 11) is -7.77. The fourth-order valence-corrected chi connectivity index (χ4v) is 5.35. The van der Waals surface area contributed by atoms with Crippen LogP contribution in [0.1, 0.15) is 24.1 Å². The number of anilines is 1. The summed E-state index contributed by atoms with van der Waals surface area (Å²) >= 11 is 11.6. The number of sulfonamides is 2. The van der Waals surface area contributed by atoms with E-state index in [0.717, 1.165) is 10.9 Å². The Balaban J connectivity index is 1.71. The van der Waals surface area contributed by atoms with Crippen molar-refractivity contribution in [1.82, 2.24) is 14.5 Å². The van der Waals surface area contributed by atoms with Crippen LogP contribution in [0.5, 0.6) is 0 Å². The van der Waals surface area contributed by atoms with Crippen molar-refractivity contribution in [1.29, 1.82) is 0 Å². The standard InChI is InChI=1S/C22H23Cl2N5O6S2/c1-13-3-6-16(28-21(30)14(2)29-22(31)20(24)18(23)12-26-29)11-19(13)37(34,35)27-10-9-15-4-7-17(8-5-15)36(25,32)33/h3-8,11-12,14,27H,9-10H2,1-2H3,(H,28,30)(H2,25,32,33)/t14-/m0/s1. The van der Waals surface area contributed by atoms with Gasteiger partial charge in [0, 0.05) is 12.2 Å². The quantitative estimate of drug-likeness (QED) is 0.344. The first-order chi connectivity index (χ1) is 17.2. The fourth-order valence-electron chi connectivity index (χ4n) is 3.28. The van der Waals surface area contributed by atoms with E-state index >= 15 is 0 Å². The first-order valence-electron chi connectivity index (χ1n) is 10.7. The lowest BCUT2D eigenvalue weighted by atomic mass is 10.2. The van der Waals surface area contributed by atoms with Crippen LogP contribution in [0, 0.1) is 6.92 Å². The lowest BCUT2D eigenvalue weighted by Crippen LogP contribution is -2.33. The van der Waals surface area contributed by atoms with Crippen LogP contribution in [-0.4, -0.2) is 39.1 Å². The minimum Gasteiger partial charge on any atom is -0.324 e. The Labute approximate surface area is 223 Å². The lowest BCUT2D eigenvalue weighted by molar-refractivity contribution is -0.119. The molecule has 0 spiro atoms. The van der Waals surface area contributed by atoms with Crippen LogP contribution in [0.25, 0.3) is 0 Å². The zero-order valence-electron chi connectivity index (χ0n) is 19.6. The monoisotopic (exact) mass is 587 g/mol. The van der Waals surface area contributed by atoms with Gasteiger partial charge in [0.1, 0.15) is 11.1 Å². The van der Waals surface area contributed by atoms with Crippen LogP contribution >= 0.6 is 23.2 Å². The van der Waals surface area contributed by atoms with Crippen LogP contribution in [0.2, 0.25) is 10.0 Å². The second kappa shape index (κ2) is 11.3. The second-order valence-corrected chi connectivity index (χ2v) is 12.1. The van der Waals surface area contributed by atoms with Crippen molar-refractivity contribution in [2.24, 2.45) is 5.14 Å². The molecule has 0 aliphatic rings. The highest BCUT2D eigenvalue weighted by molar-refractivity contribution is 7.89. The van der Waals surface area contributed by atoms with Gasteiger partial charge in [-0.3, -0.25) is 9.59 Å². The van der Waals surface area contributed by atoms with Gasteiger partial charge in [-0.05, 0) is 55.7 Å². The average molecular weight is 588 g/mol. The Morgan fingerprint density at radius 2 is 1.76 bits per heavy atom. The number of primary sulfonamides is 1. The van der Waals surface area contributed by atoms with Crippen molar-refractivity contribution in [3.63, 3.8) is 0 Å². The number of carbonyl (C=O) groups excluding carboxylic acids is 1. The van der Waals surface area contributed by atoms with Crippen LogP contribution < -0.4 is 20.7 Å². The highest BCUT2D eigenvalue weighted by Gasteiger charge is 2.22. The van der Waals surface area contributed by atoms with Gasteiger partial charge in [0.05, 0.1) is 21.0 Å². The lowest BCUT2D eigenvalue weighted by Gasteiger charge is -2.16. The average Bonchev–Trinajstić information content (AvgIpc) is 2.83. The number of benzene rings is 2. The molecular formula is C22H23Cl2N5O6S2. The molecule has 4 N–H and O–H groups in total. The molecular weight excluding hydrogens is 565 g/mol. The fraction of sp³-hybridized carbons (Fsp3) is 0.227. The summed E-state index contributed by atoms with van der Waals surface area (Å²) in [5, 5.41) is 11.2. The smallest absolute Gasteiger partial charge is 0.287 e. The maximum absolute atomic E-state index is 12.9. The molecule has 0 aliphatic heterocycles. The Hall–Kier alpha value is -2.81. The van der Waals surface area contributed by atoms with Crippen molar-refractivity contribution in [2.75, 3.05) is 11.9 Å². The Bertz CT molecular complexity index is 1610. The SMILES string of the molecule is Cc1ccc(NC(=O)[C@H](C)n2ncc(Cl)c(Cl)c2=O)cc1S(=O)(=O)NCCc1ccc(S(N)(=O)=O)cc1. The van der Waals surface area contributed by atoms with Crippen molar-refractivity contribution in [3.8, 4) is 0 Å². The van der Waals surface area contributed by atoms with Crippen LogP contribution in [0.15, 0.2) is 63.2 Å². The van der Waals surface area contributed by atoms with Crippen molar-refractivity contribution < 1.29 is 21.6 Å². The van der Waals surface area contributed by atoms with E-state index in [2.05, 4.69) is 15.1 Å². The minimum atomic E-state index is -3.96. The molecule has 15 heteroatoms. The topological polar surface area (TPSA) is 170 Å². The van der Waals surface area contributed by atoms with Gasteiger partial charge in [0.2, 0.25) is 26.0 Å². The summed E-state index contributed by atoms with van der Waals surface area (Å²) < 4.78 is 51.9. The summed E-state index contributed by atoms with van der Waals surface area (Å²) in [5.41, 5.74) is 0.591. The van der Waals surface area contributed by atoms with Gasteiger partial charge in [-0.25, -0.2) is 31.4 Å². The molecule has 11 nitrogen and oxygen atoms in total. The summed E-state index contributed by atoms with van der Waals surface area (Å²) in [6, 6.07) is 9.07. The Morgan fingerprint density at radius 3 is 2.38 bits per heavy atom. The van der Waals surface area contributed by atoms with Crippen molar-refractivity contribution >= 4 is 54.8 Å². The largest absolute Gasteiger partial charge is 0.324 e. The number of carbonyl (C=O) groups is 1. The molecule has 1 heterocycles. The number of nitrogens with one attached hydrogen (secondary N) is 2. The van der Waals surface area contributed by atoms with Gasteiger partial charge in [0.15, 0.2) is 0 Å². The molecule has 198 valence electrons. The summed E-state index contributed by atoms with van der Waals surface area (Å²) in [5.74, 6) is -0.629. The van der Waals surface area contributed by atoms with E-state index in [4.69, 9.17) is 28.3 Å². The molecule has 3 rings (SSSR count). The second-order valence-electron chi connectivity index (χ2n) is 8.04. The number of hydrogen-bond donors (Lipinski definition) is 3. The number of rotatable bonds is 9. The zero-order chi connectivity index (χ0) is 27.5. The van der Waals surface area contributed by atoms with Gasteiger partial charge < -0.3 is 5.32 Å². The van der Waals surface area contributed by atoms with Gasteiger partial charge in [-0.2, -0.15) is 5.10 Å². The summed E-state index contributed by atoms with van der Waals surface area (Å²) in [4.78, 5) is 24.9. The van der Waals surface area contributed by atoms with Crippen molar-refractivity contribution in [2.45, 2.75) is 36.1 Å². The molecule has 0 saturated heterocycles. The zero-order valence-corrected chi connectivity index (χ0v) is 22.7. The molecule has 0 fully saturated rings. The number of halogens is 2. The third-order valence-corrected chi connectivity index (χ3v) is 8.63. The number of aromatic nitrogens is 2. The summed E-state index contributed by atoms with van der Waals surface area (Å²) in [6.45, 7) is 3.07. The summed E-state index contributed by atoms with van der Waals surface area (Å²) in [6.07, 6.45) is 1.44. The van der Waals surface area contributed by atoms with Gasteiger partial charge >= 0.3 is 0 Å². The molecule has 1 amide bonds. The molecule has 0 aliphatic carbocycles. The molecule has 1 aromatic heterocycles. The first-order valence-corrected chi connectivity index (χ1v) is 14.4. The van der Waals surface area contributed by atoms with E-state index in [9.17, 15) is 26.4 Å². The number of amides is 1. The predicted molar refractivity (Wildman–Crippen MR) is 140 cm³/mol. The van der Waals surface area contributed by atoms with Gasteiger partial charge in [0.25, 0.3) is 5.56 Å². The van der Waals surface area contributed by atoms with E-state index in [-0.39, 0.29) is 32.1 Å². The predicted octanol–water partition coefficient (Wildman–Crippen LogP) is 2.23. The van der Waals surface area contributed by atoms with E-state index < -0.39 is 37.6 Å². The van der Waals surface area contributed by atoms with Crippen LogP contribution in [-0.2, 0) is 31.3 Å². The number of aryl methyl sites for hydroxylation is 1. The number of hydrogen-bond acceptors (Lipinski definition) is 7. The molecule has 2 aromatic carbocycles.